The molecule has 0 spiro atoms. The number of carbonyl (C=O) groups is 2. The van der Waals surface area contributed by atoms with Crippen LogP contribution in [0, 0.1) is 5.92 Å². The Morgan fingerprint density at radius 2 is 1.86 bits per heavy atom. The summed E-state index contributed by atoms with van der Waals surface area (Å²) in [4.78, 5) is 23.9. The van der Waals surface area contributed by atoms with Crippen molar-refractivity contribution in [3.63, 3.8) is 0 Å². The number of nitrogens with one attached hydrogen (secondary N) is 1. The smallest absolute Gasteiger partial charge is 0.326 e. The number of hydrogen-bond acceptors (Lipinski definition) is 3. The fourth-order valence-corrected chi connectivity index (χ4v) is 2.31. The van der Waals surface area contributed by atoms with Crippen LogP contribution in [0.1, 0.15) is 39.7 Å². The largest absolute Gasteiger partial charge is 0.496 e. The van der Waals surface area contributed by atoms with E-state index in [-0.39, 0.29) is 11.8 Å². The van der Waals surface area contributed by atoms with Crippen molar-refractivity contribution >= 4 is 11.9 Å². The van der Waals surface area contributed by atoms with Gasteiger partial charge in [-0.1, -0.05) is 32.0 Å². The number of aliphatic carboxylic acids is 1. The summed E-state index contributed by atoms with van der Waals surface area (Å²) in [6.45, 7) is 7.36. The number of benzene rings is 1. The highest BCUT2D eigenvalue weighted by molar-refractivity contribution is 5.91. The molecular weight excluding hydrogens is 282 g/mol. The van der Waals surface area contributed by atoms with E-state index in [9.17, 15) is 14.7 Å². The molecule has 1 aromatic carbocycles. The lowest BCUT2D eigenvalue weighted by atomic mass is 9.82. The number of para-hydroxylation sites is 1. The van der Waals surface area contributed by atoms with Crippen LogP contribution in [0.25, 0.3) is 0 Å². The van der Waals surface area contributed by atoms with E-state index in [1.165, 1.54) is 0 Å². The van der Waals surface area contributed by atoms with Crippen LogP contribution in [0.15, 0.2) is 24.3 Å². The van der Waals surface area contributed by atoms with Gasteiger partial charge in [-0.3, -0.25) is 4.79 Å². The zero-order chi connectivity index (χ0) is 16.9. The normalized spacial score (nSPS) is 12.8. The van der Waals surface area contributed by atoms with E-state index >= 15 is 0 Å². The maximum atomic E-state index is 12.6. The molecule has 5 nitrogen and oxygen atoms in total. The van der Waals surface area contributed by atoms with Crippen LogP contribution in [-0.4, -0.2) is 30.1 Å². The highest BCUT2D eigenvalue weighted by Crippen LogP contribution is 2.31. The molecule has 1 rings (SSSR count). The van der Waals surface area contributed by atoms with E-state index in [2.05, 4.69) is 5.32 Å². The van der Waals surface area contributed by atoms with E-state index in [0.29, 0.717) is 12.2 Å². The van der Waals surface area contributed by atoms with Crippen molar-refractivity contribution in [3.05, 3.63) is 29.8 Å². The minimum Gasteiger partial charge on any atom is -0.496 e. The fraction of sp³-hybridized carbons (Fsp3) is 0.529. The first-order chi connectivity index (χ1) is 10.2. The van der Waals surface area contributed by atoms with E-state index in [4.69, 9.17) is 4.74 Å². The Morgan fingerprint density at radius 3 is 2.36 bits per heavy atom. The summed E-state index contributed by atoms with van der Waals surface area (Å²) in [6.07, 6.45) is 0.392. The van der Waals surface area contributed by atoms with Gasteiger partial charge in [0.05, 0.1) is 12.5 Å². The van der Waals surface area contributed by atoms with Gasteiger partial charge >= 0.3 is 5.97 Å². The van der Waals surface area contributed by atoms with Crippen LogP contribution in [0.5, 0.6) is 5.75 Å². The molecule has 0 aliphatic carbocycles. The molecule has 22 heavy (non-hydrogen) atoms. The van der Waals surface area contributed by atoms with Crippen molar-refractivity contribution in [1.29, 1.82) is 0 Å². The first-order valence-electron chi connectivity index (χ1n) is 7.37. The second-order valence-corrected chi connectivity index (χ2v) is 6.32. The van der Waals surface area contributed by atoms with E-state index in [0.717, 1.165) is 5.56 Å². The molecule has 0 heterocycles. The Hall–Kier alpha value is -2.04. The van der Waals surface area contributed by atoms with Gasteiger partial charge in [0.2, 0.25) is 5.91 Å². The molecule has 5 heteroatoms. The molecule has 0 aliphatic heterocycles. The number of ether oxygens (including phenoxy) is 1. The minimum atomic E-state index is -1.02. The summed E-state index contributed by atoms with van der Waals surface area (Å²) in [5.74, 6) is -0.558. The lowest BCUT2D eigenvalue weighted by Crippen LogP contribution is -2.48. The Kier molecular flexibility index (Phi) is 5.97. The quantitative estimate of drug-likeness (QED) is 0.812. The van der Waals surface area contributed by atoms with Crippen molar-refractivity contribution in [2.45, 2.75) is 45.6 Å². The van der Waals surface area contributed by atoms with Gasteiger partial charge in [0.1, 0.15) is 11.8 Å². The summed E-state index contributed by atoms with van der Waals surface area (Å²) in [5, 5.41) is 11.9. The third kappa shape index (κ3) is 4.23. The Balaban J connectivity index is 3.01. The van der Waals surface area contributed by atoms with Gasteiger partial charge in [-0.15, -0.1) is 0 Å². The molecule has 122 valence electrons. The van der Waals surface area contributed by atoms with Crippen LogP contribution in [-0.2, 0) is 15.0 Å². The van der Waals surface area contributed by atoms with Crippen LogP contribution < -0.4 is 10.1 Å². The summed E-state index contributed by atoms with van der Waals surface area (Å²) in [6, 6.07) is 6.37. The van der Waals surface area contributed by atoms with Gasteiger partial charge in [-0.05, 0) is 32.3 Å². The fourth-order valence-electron chi connectivity index (χ4n) is 2.31. The lowest BCUT2D eigenvalue weighted by Gasteiger charge is -2.28. The van der Waals surface area contributed by atoms with E-state index < -0.39 is 17.4 Å². The molecule has 0 saturated carbocycles. The second-order valence-electron chi connectivity index (χ2n) is 6.32. The molecule has 1 atom stereocenters. The molecule has 0 fully saturated rings. The molecule has 0 unspecified atom stereocenters. The zero-order valence-corrected chi connectivity index (χ0v) is 13.8. The lowest BCUT2D eigenvalue weighted by molar-refractivity contribution is -0.143. The van der Waals surface area contributed by atoms with Gasteiger partial charge in [0.25, 0.3) is 0 Å². The monoisotopic (exact) mass is 307 g/mol. The average molecular weight is 307 g/mol. The van der Waals surface area contributed by atoms with Crippen molar-refractivity contribution in [1.82, 2.24) is 5.32 Å². The molecule has 0 saturated heterocycles. The van der Waals surface area contributed by atoms with Crippen LogP contribution in [0.3, 0.4) is 0 Å². The number of rotatable bonds is 7. The predicted octanol–water partition coefficient (Wildman–Crippen LogP) is 2.59. The van der Waals surface area contributed by atoms with Crippen molar-refractivity contribution in [2.24, 2.45) is 5.92 Å². The highest BCUT2D eigenvalue weighted by atomic mass is 16.5. The average Bonchev–Trinajstić information content (AvgIpc) is 2.45. The summed E-state index contributed by atoms with van der Waals surface area (Å²) >= 11 is 0. The number of carboxylic acid groups (broad SMARTS) is 1. The summed E-state index contributed by atoms with van der Waals surface area (Å²) in [7, 11) is 1.55. The van der Waals surface area contributed by atoms with Crippen LogP contribution in [0.4, 0.5) is 0 Å². The van der Waals surface area contributed by atoms with Gasteiger partial charge < -0.3 is 15.2 Å². The Morgan fingerprint density at radius 1 is 1.27 bits per heavy atom. The predicted molar refractivity (Wildman–Crippen MR) is 85.0 cm³/mol. The molecule has 0 aromatic heterocycles. The molecule has 0 radical (unpaired) electrons. The first kappa shape index (κ1) is 18.0. The van der Waals surface area contributed by atoms with Gasteiger partial charge in [-0.25, -0.2) is 4.79 Å². The van der Waals surface area contributed by atoms with Gasteiger partial charge in [-0.2, -0.15) is 0 Å². The maximum absolute atomic E-state index is 12.6. The highest BCUT2D eigenvalue weighted by Gasteiger charge is 2.35. The zero-order valence-electron chi connectivity index (χ0n) is 13.8. The summed E-state index contributed by atoms with van der Waals surface area (Å²) in [5.41, 5.74) is -0.166. The number of carbonyl (C=O) groups excluding carboxylic acids is 1. The van der Waals surface area contributed by atoms with Gasteiger partial charge in [0, 0.05) is 5.56 Å². The SMILES string of the molecule is COc1ccccc1C(C)(C)C(=O)N[C@H](CC(C)C)C(=O)O. The number of hydrogen-bond donors (Lipinski definition) is 2. The van der Waals surface area contributed by atoms with Crippen LogP contribution in [0.2, 0.25) is 0 Å². The third-order valence-corrected chi connectivity index (χ3v) is 3.66. The molecule has 1 amide bonds. The first-order valence-corrected chi connectivity index (χ1v) is 7.37. The van der Waals surface area contributed by atoms with Crippen molar-refractivity contribution in [3.8, 4) is 5.75 Å². The Labute approximate surface area is 131 Å². The molecule has 0 aliphatic rings. The number of carboxylic acids is 1. The van der Waals surface area contributed by atoms with E-state index in [1.54, 1.807) is 27.0 Å². The molecule has 1 aromatic rings. The molecule has 0 bridgehead atoms. The Bertz CT molecular complexity index is 537. The summed E-state index contributed by atoms with van der Waals surface area (Å²) < 4.78 is 5.30. The van der Waals surface area contributed by atoms with Crippen molar-refractivity contribution < 1.29 is 19.4 Å². The van der Waals surface area contributed by atoms with Gasteiger partial charge in [0.15, 0.2) is 0 Å². The van der Waals surface area contributed by atoms with E-state index in [1.807, 2.05) is 32.0 Å². The number of methoxy groups -OCH3 is 1. The minimum absolute atomic E-state index is 0.177. The molecular formula is C17H25NO4. The standard InChI is InChI=1S/C17H25NO4/c1-11(2)10-13(15(19)20)18-16(21)17(3,4)12-8-6-7-9-14(12)22-5/h6-9,11,13H,10H2,1-5H3,(H,18,21)(H,19,20)/t13-/m1/s1. The third-order valence-electron chi connectivity index (χ3n) is 3.66. The number of amides is 1. The molecule has 2 N–H and O–H groups in total. The maximum Gasteiger partial charge on any atom is 0.326 e. The van der Waals surface area contributed by atoms with Crippen molar-refractivity contribution in [2.75, 3.05) is 7.11 Å². The topological polar surface area (TPSA) is 75.6 Å². The van der Waals surface area contributed by atoms with Crippen LogP contribution >= 0.6 is 0 Å². The second kappa shape index (κ2) is 7.29.